The van der Waals surface area contributed by atoms with Crippen molar-refractivity contribution in [3.8, 4) is 0 Å². The SMILES string of the molecule is CN1N=C(C(=O)OCC(=O)Nc2cccc(Cl)c2Cl)CCC1=O. The van der Waals surface area contributed by atoms with Crippen molar-refractivity contribution < 1.29 is 19.1 Å². The molecule has 122 valence electrons. The minimum Gasteiger partial charge on any atom is -0.451 e. The van der Waals surface area contributed by atoms with E-state index in [0.29, 0.717) is 10.7 Å². The van der Waals surface area contributed by atoms with Crippen LogP contribution in [-0.4, -0.2) is 42.2 Å². The van der Waals surface area contributed by atoms with Crippen LogP contribution in [-0.2, 0) is 19.1 Å². The molecule has 0 atom stereocenters. The number of nitrogens with zero attached hydrogens (tertiary/aromatic N) is 2. The average molecular weight is 358 g/mol. The van der Waals surface area contributed by atoms with Crippen LogP contribution in [0.3, 0.4) is 0 Å². The Balaban J connectivity index is 1.89. The molecule has 7 nitrogen and oxygen atoms in total. The van der Waals surface area contributed by atoms with Gasteiger partial charge in [0.05, 0.1) is 15.7 Å². The van der Waals surface area contributed by atoms with E-state index in [-0.39, 0.29) is 29.5 Å². The van der Waals surface area contributed by atoms with Crippen LogP contribution in [0.5, 0.6) is 0 Å². The summed E-state index contributed by atoms with van der Waals surface area (Å²) in [5.41, 5.74) is 0.418. The molecule has 1 aliphatic heterocycles. The first kappa shape index (κ1) is 17.2. The number of hydrogen-bond donors (Lipinski definition) is 1. The van der Waals surface area contributed by atoms with Gasteiger partial charge in [-0.3, -0.25) is 9.59 Å². The third-order valence-corrected chi connectivity index (χ3v) is 3.82. The Morgan fingerprint density at radius 1 is 1.35 bits per heavy atom. The summed E-state index contributed by atoms with van der Waals surface area (Å²) in [6.45, 7) is -0.502. The van der Waals surface area contributed by atoms with E-state index in [4.69, 9.17) is 27.9 Å². The molecule has 0 fully saturated rings. The number of carbonyl (C=O) groups excluding carboxylic acids is 3. The first-order chi connectivity index (χ1) is 10.9. The van der Waals surface area contributed by atoms with Crippen molar-refractivity contribution in [3.05, 3.63) is 28.2 Å². The van der Waals surface area contributed by atoms with Gasteiger partial charge in [0.1, 0.15) is 5.71 Å². The summed E-state index contributed by atoms with van der Waals surface area (Å²) in [5, 5.41) is 7.87. The fourth-order valence-corrected chi connectivity index (χ4v) is 2.17. The molecule has 0 aromatic heterocycles. The number of hydrazone groups is 1. The molecular weight excluding hydrogens is 345 g/mol. The highest BCUT2D eigenvalue weighted by Gasteiger charge is 2.23. The first-order valence-corrected chi connectivity index (χ1v) is 7.39. The second kappa shape index (κ2) is 7.43. The van der Waals surface area contributed by atoms with E-state index >= 15 is 0 Å². The van der Waals surface area contributed by atoms with Crippen molar-refractivity contribution in [1.82, 2.24) is 5.01 Å². The van der Waals surface area contributed by atoms with Gasteiger partial charge >= 0.3 is 5.97 Å². The second-order valence-electron chi connectivity index (χ2n) is 4.69. The number of ether oxygens (including phenoxy) is 1. The highest BCUT2D eigenvalue weighted by Crippen LogP contribution is 2.29. The number of amides is 2. The number of esters is 1. The number of carbonyl (C=O) groups is 3. The molecule has 0 saturated carbocycles. The Morgan fingerprint density at radius 2 is 2.09 bits per heavy atom. The minimum absolute atomic E-state index is 0.0979. The van der Waals surface area contributed by atoms with Gasteiger partial charge in [0, 0.05) is 19.9 Å². The van der Waals surface area contributed by atoms with E-state index in [1.165, 1.54) is 7.05 Å². The maximum atomic E-state index is 11.8. The van der Waals surface area contributed by atoms with E-state index in [1.807, 2.05) is 0 Å². The zero-order valence-electron chi connectivity index (χ0n) is 12.1. The lowest BCUT2D eigenvalue weighted by atomic mass is 10.2. The van der Waals surface area contributed by atoms with Gasteiger partial charge in [-0.05, 0) is 12.1 Å². The predicted octanol–water partition coefficient (Wildman–Crippen LogP) is 2.08. The van der Waals surface area contributed by atoms with Crippen molar-refractivity contribution in [1.29, 1.82) is 0 Å². The average Bonchev–Trinajstić information content (AvgIpc) is 2.52. The normalized spacial score (nSPS) is 14.3. The third kappa shape index (κ3) is 4.43. The van der Waals surface area contributed by atoms with Crippen molar-refractivity contribution >= 4 is 52.4 Å². The fourth-order valence-electron chi connectivity index (χ4n) is 1.82. The van der Waals surface area contributed by atoms with E-state index in [1.54, 1.807) is 18.2 Å². The lowest BCUT2D eigenvalue weighted by Crippen LogP contribution is -2.33. The molecule has 0 radical (unpaired) electrons. The number of anilines is 1. The molecule has 1 N–H and O–H groups in total. The van der Waals surface area contributed by atoms with Gasteiger partial charge in [0.2, 0.25) is 5.91 Å². The molecule has 0 aliphatic carbocycles. The van der Waals surface area contributed by atoms with Gasteiger partial charge in [0.15, 0.2) is 6.61 Å². The topological polar surface area (TPSA) is 88.1 Å². The summed E-state index contributed by atoms with van der Waals surface area (Å²) in [4.78, 5) is 34.9. The van der Waals surface area contributed by atoms with E-state index in [2.05, 4.69) is 10.4 Å². The molecule has 0 unspecified atom stereocenters. The summed E-state index contributed by atoms with van der Waals surface area (Å²) in [6, 6.07) is 4.78. The van der Waals surface area contributed by atoms with Gasteiger partial charge in [-0.25, -0.2) is 9.80 Å². The van der Waals surface area contributed by atoms with Gasteiger partial charge in [-0.15, -0.1) is 0 Å². The Hall–Kier alpha value is -2.12. The number of benzene rings is 1. The highest BCUT2D eigenvalue weighted by atomic mass is 35.5. The maximum Gasteiger partial charge on any atom is 0.355 e. The number of halogens is 2. The second-order valence-corrected chi connectivity index (χ2v) is 5.47. The third-order valence-electron chi connectivity index (χ3n) is 3.00. The minimum atomic E-state index is -0.739. The molecule has 0 spiro atoms. The van der Waals surface area contributed by atoms with Crippen LogP contribution in [0.15, 0.2) is 23.3 Å². The fraction of sp³-hybridized carbons (Fsp3) is 0.286. The molecule has 1 aromatic carbocycles. The molecule has 2 amide bonds. The molecule has 23 heavy (non-hydrogen) atoms. The lowest BCUT2D eigenvalue weighted by molar-refractivity contribution is -0.141. The van der Waals surface area contributed by atoms with Crippen LogP contribution < -0.4 is 5.32 Å². The van der Waals surface area contributed by atoms with Crippen molar-refractivity contribution in [2.24, 2.45) is 5.10 Å². The van der Waals surface area contributed by atoms with Crippen molar-refractivity contribution in [2.45, 2.75) is 12.8 Å². The molecular formula is C14H13Cl2N3O4. The van der Waals surface area contributed by atoms with Crippen molar-refractivity contribution in [3.63, 3.8) is 0 Å². The zero-order valence-corrected chi connectivity index (χ0v) is 13.6. The summed E-state index contributed by atoms with van der Waals surface area (Å²) < 4.78 is 4.87. The summed E-state index contributed by atoms with van der Waals surface area (Å²) >= 11 is 11.8. The van der Waals surface area contributed by atoms with Crippen LogP contribution in [0.1, 0.15) is 12.8 Å². The van der Waals surface area contributed by atoms with Crippen LogP contribution in [0, 0.1) is 0 Å². The van der Waals surface area contributed by atoms with E-state index < -0.39 is 18.5 Å². The number of hydrogen-bond acceptors (Lipinski definition) is 5. The Kier molecular flexibility index (Phi) is 5.57. The van der Waals surface area contributed by atoms with E-state index in [0.717, 1.165) is 5.01 Å². The Labute approximate surface area is 142 Å². The van der Waals surface area contributed by atoms with E-state index in [9.17, 15) is 14.4 Å². The monoisotopic (exact) mass is 357 g/mol. The molecule has 9 heteroatoms. The number of nitrogens with one attached hydrogen (secondary N) is 1. The van der Waals surface area contributed by atoms with Crippen LogP contribution in [0.25, 0.3) is 0 Å². The molecule has 1 aliphatic rings. The Morgan fingerprint density at radius 3 is 2.78 bits per heavy atom. The van der Waals surface area contributed by atoms with Gasteiger partial charge in [0.25, 0.3) is 5.91 Å². The molecule has 0 saturated heterocycles. The number of rotatable bonds is 4. The molecule has 2 rings (SSSR count). The molecule has 1 aromatic rings. The standard InChI is InChI=1S/C14H13Cl2N3O4/c1-19-12(21)6-5-10(18-19)14(22)23-7-11(20)17-9-4-2-3-8(15)13(9)16/h2-4H,5-7H2,1H3,(H,17,20). The predicted molar refractivity (Wildman–Crippen MR) is 85.5 cm³/mol. The zero-order chi connectivity index (χ0) is 17.0. The maximum absolute atomic E-state index is 11.8. The molecule has 1 heterocycles. The van der Waals surface area contributed by atoms with Crippen LogP contribution in [0.2, 0.25) is 10.0 Å². The quantitative estimate of drug-likeness (QED) is 0.835. The summed E-state index contributed by atoms with van der Waals surface area (Å²) in [7, 11) is 1.45. The van der Waals surface area contributed by atoms with Gasteiger partial charge in [-0.2, -0.15) is 5.10 Å². The van der Waals surface area contributed by atoms with Crippen LogP contribution in [0.4, 0.5) is 5.69 Å². The highest BCUT2D eigenvalue weighted by molar-refractivity contribution is 6.44. The molecule has 0 bridgehead atoms. The lowest BCUT2D eigenvalue weighted by Gasteiger charge is -2.18. The first-order valence-electron chi connectivity index (χ1n) is 6.63. The van der Waals surface area contributed by atoms with Gasteiger partial charge in [-0.1, -0.05) is 29.3 Å². The Bertz CT molecular complexity index is 691. The summed E-state index contributed by atoms with van der Waals surface area (Å²) in [5.74, 6) is -1.49. The smallest absolute Gasteiger partial charge is 0.355 e. The van der Waals surface area contributed by atoms with Crippen LogP contribution >= 0.6 is 23.2 Å². The summed E-state index contributed by atoms with van der Waals surface area (Å²) in [6.07, 6.45) is 0.360. The largest absolute Gasteiger partial charge is 0.451 e. The van der Waals surface area contributed by atoms with Gasteiger partial charge < -0.3 is 10.1 Å². The van der Waals surface area contributed by atoms with Crippen molar-refractivity contribution in [2.75, 3.05) is 19.0 Å².